The minimum Gasteiger partial charge on any atom is -0.756 e. The highest BCUT2D eigenvalue weighted by atomic mass is 31.3. The molecule has 200 valence electrons. The number of hydrogen-bond donors (Lipinski definition) is 7. The van der Waals surface area contributed by atoms with E-state index in [1.165, 1.54) is 18.0 Å². The smallest absolute Gasteiger partial charge is 0.478 e. The van der Waals surface area contributed by atoms with E-state index in [1.807, 2.05) is 0 Å². The summed E-state index contributed by atoms with van der Waals surface area (Å²) in [6.45, 7) is 3.97. The lowest BCUT2D eigenvalue weighted by atomic mass is 9.98. The summed E-state index contributed by atoms with van der Waals surface area (Å²) in [6.07, 6.45) is -9.79. The summed E-state index contributed by atoms with van der Waals surface area (Å²) < 4.78 is 47.7. The molecule has 3 heterocycles. The van der Waals surface area contributed by atoms with E-state index in [1.54, 1.807) is 0 Å². The highest BCUT2D eigenvalue weighted by Crippen LogP contribution is 2.59. The van der Waals surface area contributed by atoms with Gasteiger partial charge in [-0.3, -0.25) is 18.4 Å². The summed E-state index contributed by atoms with van der Waals surface area (Å²) in [5, 5.41) is 42.5. The molecule has 2 saturated heterocycles. The van der Waals surface area contributed by atoms with Gasteiger partial charge in [0.1, 0.15) is 30.2 Å². The quantitative estimate of drug-likeness (QED) is 0.144. The molecule has 35 heavy (non-hydrogen) atoms. The van der Waals surface area contributed by atoms with Crippen molar-refractivity contribution in [2.24, 2.45) is 5.73 Å². The number of amides is 1. The fraction of sp³-hybridized carbons (Fsp3) is 0.688. The van der Waals surface area contributed by atoms with Gasteiger partial charge < -0.3 is 55.6 Å². The van der Waals surface area contributed by atoms with E-state index >= 15 is 0 Å². The lowest BCUT2D eigenvalue weighted by Gasteiger charge is -2.41. The fourth-order valence-electron chi connectivity index (χ4n) is 3.44. The number of ether oxygens (including phenoxy) is 2. The van der Waals surface area contributed by atoms with Crippen LogP contribution in [0.25, 0.3) is 0 Å². The molecule has 11 atom stereocenters. The Balaban J connectivity index is 1.57. The van der Waals surface area contributed by atoms with E-state index in [4.69, 9.17) is 15.2 Å². The van der Waals surface area contributed by atoms with E-state index in [2.05, 4.69) is 25.3 Å². The molecule has 0 aliphatic carbocycles. The Labute approximate surface area is 198 Å². The standard InChI is InChI=1S/C16H27N3O14P2/c1-6-11(21)10(17)13(23)16(30-6)32-35(27,28)33-34(25,26)29-5-8-12(22)14(24)15(31-8)19-4-3-9(20)18-7(19)2/h3-4,6,8,10-16,21-24H,2,5,17H2,1H3,(H,18,20)(H,25,26)(H,27,28)/p-1/t6?,8-,10+,11-,12?,13?,14+,15-,16-/m1/s1. The van der Waals surface area contributed by atoms with Crippen LogP contribution in [0.2, 0.25) is 0 Å². The van der Waals surface area contributed by atoms with Crippen LogP contribution < -0.4 is 15.9 Å². The van der Waals surface area contributed by atoms with Crippen molar-refractivity contribution in [1.82, 2.24) is 10.2 Å². The van der Waals surface area contributed by atoms with E-state index in [-0.39, 0.29) is 5.82 Å². The third-order valence-corrected chi connectivity index (χ3v) is 7.88. The largest absolute Gasteiger partial charge is 0.756 e. The number of rotatable bonds is 8. The molecule has 0 aromatic rings. The number of hydrogen-bond acceptors (Lipinski definition) is 15. The molecule has 1 amide bonds. The zero-order valence-corrected chi connectivity index (χ0v) is 19.9. The number of aliphatic hydroxyl groups excluding tert-OH is 4. The van der Waals surface area contributed by atoms with Crippen molar-refractivity contribution in [2.45, 2.75) is 62.1 Å². The molecule has 0 saturated carbocycles. The number of carbonyl (C=O) groups is 1. The monoisotopic (exact) mass is 546 g/mol. The number of nitrogens with zero attached hydrogens (tertiary/aromatic N) is 1. The van der Waals surface area contributed by atoms with Gasteiger partial charge >= 0.3 is 7.82 Å². The van der Waals surface area contributed by atoms with Gasteiger partial charge in [-0.05, 0) is 6.92 Å². The second-order valence-corrected chi connectivity index (χ2v) is 10.8. The van der Waals surface area contributed by atoms with Gasteiger partial charge in [-0.15, -0.1) is 0 Å². The van der Waals surface area contributed by atoms with Crippen molar-refractivity contribution in [2.75, 3.05) is 6.61 Å². The first-order valence-corrected chi connectivity index (χ1v) is 13.0. The number of nitrogens with two attached hydrogens (primary N) is 1. The first-order chi connectivity index (χ1) is 16.1. The predicted octanol–water partition coefficient (Wildman–Crippen LogP) is -3.74. The third kappa shape index (κ3) is 6.54. The molecule has 3 rings (SSSR count). The second kappa shape index (κ2) is 10.6. The van der Waals surface area contributed by atoms with Gasteiger partial charge in [0, 0.05) is 12.3 Å². The van der Waals surface area contributed by atoms with Crippen molar-refractivity contribution in [3.63, 3.8) is 0 Å². The first kappa shape index (κ1) is 28.3. The van der Waals surface area contributed by atoms with Crippen LogP contribution in [-0.2, 0) is 36.8 Å². The second-order valence-electron chi connectivity index (χ2n) is 7.87. The molecule has 0 aromatic heterocycles. The normalized spacial score (nSPS) is 41.4. The lowest BCUT2D eigenvalue weighted by molar-refractivity contribution is -0.278. The van der Waals surface area contributed by atoms with Crippen molar-refractivity contribution < 1.29 is 67.0 Å². The first-order valence-electron chi connectivity index (χ1n) is 10.0. The zero-order valence-electron chi connectivity index (χ0n) is 18.1. The molecule has 3 aliphatic heterocycles. The summed E-state index contributed by atoms with van der Waals surface area (Å²) in [5.74, 6) is -0.467. The van der Waals surface area contributed by atoms with Crippen LogP contribution in [0, 0.1) is 0 Å². The van der Waals surface area contributed by atoms with Gasteiger partial charge in [0.05, 0.1) is 24.9 Å². The molecule has 0 aromatic carbocycles. The zero-order chi connectivity index (χ0) is 26.3. The Kier molecular flexibility index (Phi) is 8.58. The number of aliphatic hydroxyl groups is 4. The number of phosphoric ester groups is 2. The Bertz CT molecular complexity index is 950. The minimum absolute atomic E-state index is 0.0181. The molecular formula is C16H26N3O14P2-. The fourth-order valence-corrected chi connectivity index (χ4v) is 5.56. The van der Waals surface area contributed by atoms with E-state index in [0.29, 0.717) is 0 Å². The number of nitrogens with one attached hydrogen (secondary N) is 1. The van der Waals surface area contributed by atoms with Crippen molar-refractivity contribution in [3.05, 3.63) is 24.7 Å². The van der Waals surface area contributed by atoms with E-state index in [0.717, 1.165) is 6.08 Å². The Morgan fingerprint density at radius 2 is 1.86 bits per heavy atom. The third-order valence-electron chi connectivity index (χ3n) is 5.31. The molecule has 0 radical (unpaired) electrons. The molecule has 5 unspecified atom stereocenters. The Morgan fingerprint density at radius 3 is 2.49 bits per heavy atom. The molecular weight excluding hydrogens is 520 g/mol. The highest BCUT2D eigenvalue weighted by molar-refractivity contribution is 7.60. The molecule has 8 N–H and O–H groups in total. The lowest BCUT2D eigenvalue weighted by Crippen LogP contribution is -2.61. The summed E-state index contributed by atoms with van der Waals surface area (Å²) in [4.78, 5) is 34.4. The SMILES string of the molecule is C=C1NC(=O)C=CN1[C@@H]1O[C@H](COP(=O)(O)OP(=O)([O-])O[C@H]2OC(C)[C@@H](O)[C@H](N)C2O)C(O)[C@@H]1O. The molecule has 2 fully saturated rings. The van der Waals surface area contributed by atoms with Gasteiger partial charge in [-0.2, -0.15) is 0 Å². The van der Waals surface area contributed by atoms with Crippen LogP contribution in [0.1, 0.15) is 6.92 Å². The van der Waals surface area contributed by atoms with Crippen LogP contribution >= 0.6 is 15.6 Å². The summed E-state index contributed by atoms with van der Waals surface area (Å²) >= 11 is 0. The van der Waals surface area contributed by atoms with E-state index in [9.17, 15) is 44.1 Å². The summed E-state index contributed by atoms with van der Waals surface area (Å²) in [7, 11) is -11.1. The van der Waals surface area contributed by atoms with Gasteiger partial charge in [0.25, 0.3) is 13.7 Å². The van der Waals surface area contributed by atoms with Crippen LogP contribution in [0.15, 0.2) is 24.7 Å². The topological polar surface area (TPSA) is 263 Å². The maximum atomic E-state index is 12.2. The highest BCUT2D eigenvalue weighted by Gasteiger charge is 2.48. The Morgan fingerprint density at radius 1 is 1.20 bits per heavy atom. The van der Waals surface area contributed by atoms with Crippen molar-refractivity contribution >= 4 is 21.6 Å². The average Bonchev–Trinajstić information content (AvgIpc) is 3.02. The van der Waals surface area contributed by atoms with Gasteiger partial charge in [0.2, 0.25) is 0 Å². The molecule has 19 heteroatoms. The molecule has 0 spiro atoms. The van der Waals surface area contributed by atoms with Gasteiger partial charge in [0.15, 0.2) is 12.5 Å². The van der Waals surface area contributed by atoms with Gasteiger partial charge in [-0.25, -0.2) is 8.88 Å². The van der Waals surface area contributed by atoms with Crippen LogP contribution in [0.3, 0.4) is 0 Å². The van der Waals surface area contributed by atoms with E-state index < -0.39 is 83.3 Å². The number of phosphoric acid groups is 2. The maximum absolute atomic E-state index is 12.2. The molecule has 0 bridgehead atoms. The molecule has 17 nitrogen and oxygen atoms in total. The maximum Gasteiger partial charge on any atom is 0.478 e. The minimum atomic E-state index is -5.66. The summed E-state index contributed by atoms with van der Waals surface area (Å²) in [5.41, 5.74) is 5.56. The van der Waals surface area contributed by atoms with Crippen LogP contribution in [0.4, 0.5) is 0 Å². The van der Waals surface area contributed by atoms with Crippen molar-refractivity contribution in [3.8, 4) is 0 Å². The van der Waals surface area contributed by atoms with Crippen LogP contribution in [0.5, 0.6) is 0 Å². The number of carbonyl (C=O) groups excluding carboxylic acids is 1. The molecule has 3 aliphatic rings. The average molecular weight is 546 g/mol. The van der Waals surface area contributed by atoms with Crippen molar-refractivity contribution in [1.29, 1.82) is 0 Å². The summed E-state index contributed by atoms with van der Waals surface area (Å²) in [6, 6.07) is -1.35. The predicted molar refractivity (Wildman–Crippen MR) is 109 cm³/mol. The van der Waals surface area contributed by atoms with Gasteiger partial charge in [-0.1, -0.05) is 6.58 Å². The Hall–Kier alpha value is -1.27. The van der Waals surface area contributed by atoms with Crippen LogP contribution in [-0.4, -0.2) is 97.9 Å².